The molecule has 136 valence electrons. The molecule has 0 heterocycles. The van der Waals surface area contributed by atoms with E-state index in [0.29, 0.717) is 0 Å². The molecule has 2 N–H and O–H groups in total. The van der Waals surface area contributed by atoms with Crippen LogP contribution in [0.3, 0.4) is 0 Å². The van der Waals surface area contributed by atoms with Gasteiger partial charge in [-0.3, -0.25) is 0 Å². The van der Waals surface area contributed by atoms with E-state index in [0.717, 1.165) is 0 Å². The van der Waals surface area contributed by atoms with Gasteiger partial charge >= 0.3 is 20.2 Å². The highest BCUT2D eigenvalue weighted by atomic mass is 31.1. The minimum absolute atomic E-state index is 0.109. The monoisotopic (exact) mass is 365 g/mol. The van der Waals surface area contributed by atoms with Gasteiger partial charge in [0.25, 0.3) is 0 Å². The maximum atomic E-state index is 11.4. The second-order valence-electron chi connectivity index (χ2n) is 4.75. The molecule has 0 fully saturated rings. The Balaban J connectivity index is 3.80. The standard InChI is InChI=1S/C14H22O9P/c1-9(2)13(17)22-11(15)5-7-20-24(19)21-8-6-12(16)23-14(18)10(3)4/h11-12,15-16H,1,3,5-8H2,2,4H3/q+1. The zero-order valence-corrected chi connectivity index (χ0v) is 14.5. The van der Waals surface area contributed by atoms with E-state index in [1.54, 1.807) is 0 Å². The predicted octanol–water partition coefficient (Wildman–Crippen LogP) is 1.33. The summed E-state index contributed by atoms with van der Waals surface area (Å²) in [5.74, 6) is -1.50. The number of carbonyl (C=O) groups excluding carboxylic acids is 2. The Morgan fingerprint density at radius 1 is 0.917 bits per heavy atom. The summed E-state index contributed by atoms with van der Waals surface area (Å²) in [7, 11) is -2.50. The molecular formula is C14H22O9P+. The number of ether oxygens (including phenoxy) is 2. The highest BCUT2D eigenvalue weighted by Gasteiger charge is 2.23. The van der Waals surface area contributed by atoms with Gasteiger partial charge in [0, 0.05) is 28.6 Å². The van der Waals surface area contributed by atoms with Crippen molar-refractivity contribution in [3.63, 3.8) is 0 Å². The van der Waals surface area contributed by atoms with Crippen molar-refractivity contribution in [2.75, 3.05) is 13.2 Å². The van der Waals surface area contributed by atoms with Gasteiger partial charge in [-0.2, -0.15) is 0 Å². The van der Waals surface area contributed by atoms with Crippen molar-refractivity contribution in [3.8, 4) is 0 Å². The molecule has 0 aliphatic carbocycles. The predicted molar refractivity (Wildman–Crippen MR) is 82.6 cm³/mol. The van der Waals surface area contributed by atoms with Crippen LogP contribution in [-0.4, -0.2) is 47.9 Å². The van der Waals surface area contributed by atoms with Gasteiger partial charge in [0.2, 0.25) is 12.6 Å². The first kappa shape index (κ1) is 22.4. The molecule has 0 amide bonds. The van der Waals surface area contributed by atoms with Crippen LogP contribution >= 0.6 is 8.25 Å². The minimum Gasteiger partial charge on any atom is -0.433 e. The zero-order chi connectivity index (χ0) is 18.7. The molecule has 0 saturated carbocycles. The van der Waals surface area contributed by atoms with E-state index in [9.17, 15) is 24.4 Å². The summed E-state index contributed by atoms with van der Waals surface area (Å²) in [5.41, 5.74) is 0.269. The maximum Gasteiger partial charge on any atom is 0.697 e. The normalized spacial score (nSPS) is 13.6. The molecule has 0 spiro atoms. The Kier molecular flexibility index (Phi) is 11.0. The fraction of sp³-hybridized carbons (Fsp3) is 0.571. The second-order valence-corrected chi connectivity index (χ2v) is 5.71. The number of hydrogen-bond acceptors (Lipinski definition) is 9. The second kappa shape index (κ2) is 11.8. The van der Waals surface area contributed by atoms with Gasteiger partial charge in [-0.25, -0.2) is 9.59 Å². The molecule has 24 heavy (non-hydrogen) atoms. The van der Waals surface area contributed by atoms with Crippen LogP contribution in [0.25, 0.3) is 0 Å². The average molecular weight is 365 g/mol. The van der Waals surface area contributed by atoms with Crippen molar-refractivity contribution in [1.29, 1.82) is 0 Å². The van der Waals surface area contributed by atoms with Gasteiger partial charge < -0.3 is 19.7 Å². The highest BCUT2D eigenvalue weighted by molar-refractivity contribution is 7.33. The lowest BCUT2D eigenvalue weighted by atomic mass is 10.3. The van der Waals surface area contributed by atoms with Gasteiger partial charge in [0.1, 0.15) is 13.2 Å². The third-order valence-electron chi connectivity index (χ3n) is 2.31. The number of aliphatic hydroxyl groups excluding tert-OH is 2. The van der Waals surface area contributed by atoms with E-state index >= 15 is 0 Å². The van der Waals surface area contributed by atoms with E-state index in [-0.39, 0.29) is 37.2 Å². The molecule has 0 aliphatic heterocycles. The van der Waals surface area contributed by atoms with Crippen LogP contribution < -0.4 is 0 Å². The zero-order valence-electron chi connectivity index (χ0n) is 13.6. The lowest BCUT2D eigenvalue weighted by molar-refractivity contribution is -0.165. The SMILES string of the molecule is C=C(C)C(=O)OC(O)CCO[P+](=O)OCCC(O)OC(=O)C(=C)C. The summed E-state index contributed by atoms with van der Waals surface area (Å²) in [6.07, 6.45) is -3.05. The smallest absolute Gasteiger partial charge is 0.433 e. The first-order valence-electron chi connectivity index (χ1n) is 6.95. The molecule has 0 rings (SSSR count). The molecule has 0 aliphatic rings. The fourth-order valence-corrected chi connectivity index (χ4v) is 1.64. The fourth-order valence-electron chi connectivity index (χ4n) is 1.06. The molecule has 0 aromatic carbocycles. The highest BCUT2D eigenvalue weighted by Crippen LogP contribution is 2.24. The molecule has 0 radical (unpaired) electrons. The Morgan fingerprint density at radius 3 is 1.54 bits per heavy atom. The topological polar surface area (TPSA) is 129 Å². The number of carbonyl (C=O) groups is 2. The average Bonchev–Trinajstić information content (AvgIpc) is 2.46. The van der Waals surface area contributed by atoms with Crippen molar-refractivity contribution in [3.05, 3.63) is 24.3 Å². The Labute approximate surface area is 140 Å². The van der Waals surface area contributed by atoms with E-state index in [2.05, 4.69) is 22.6 Å². The summed E-state index contributed by atoms with van der Waals surface area (Å²) in [6.45, 7) is 9.19. The molecule has 0 aromatic rings. The summed E-state index contributed by atoms with van der Waals surface area (Å²) >= 11 is 0. The van der Waals surface area contributed by atoms with Crippen LogP contribution in [0, 0.1) is 0 Å². The van der Waals surface area contributed by atoms with Gasteiger partial charge in [0.05, 0.1) is 0 Å². The first-order valence-corrected chi connectivity index (χ1v) is 8.05. The van der Waals surface area contributed by atoms with Crippen molar-refractivity contribution >= 4 is 20.2 Å². The van der Waals surface area contributed by atoms with Crippen molar-refractivity contribution in [1.82, 2.24) is 0 Å². The van der Waals surface area contributed by atoms with E-state index in [4.69, 9.17) is 9.05 Å². The van der Waals surface area contributed by atoms with Crippen molar-refractivity contribution in [2.45, 2.75) is 39.3 Å². The molecule has 0 aromatic heterocycles. The van der Waals surface area contributed by atoms with E-state index in [1.807, 2.05) is 0 Å². The third kappa shape index (κ3) is 11.0. The molecule has 0 bridgehead atoms. The van der Waals surface area contributed by atoms with Gasteiger partial charge in [0.15, 0.2) is 0 Å². The minimum atomic E-state index is -2.50. The van der Waals surface area contributed by atoms with E-state index in [1.165, 1.54) is 13.8 Å². The Bertz CT molecular complexity index is 447. The van der Waals surface area contributed by atoms with Gasteiger partial charge in [-0.1, -0.05) is 13.2 Å². The lowest BCUT2D eigenvalue weighted by Crippen LogP contribution is -2.19. The van der Waals surface area contributed by atoms with Crippen LogP contribution in [0.15, 0.2) is 24.3 Å². The summed E-state index contributed by atoms with van der Waals surface area (Å²) in [6, 6.07) is 0. The van der Waals surface area contributed by atoms with Crippen LogP contribution in [0.2, 0.25) is 0 Å². The van der Waals surface area contributed by atoms with Crippen LogP contribution in [0.4, 0.5) is 0 Å². The molecule has 0 saturated heterocycles. The van der Waals surface area contributed by atoms with E-state index < -0.39 is 32.8 Å². The van der Waals surface area contributed by atoms with Crippen molar-refractivity contribution < 1.29 is 42.9 Å². The molecule has 2 atom stereocenters. The molecule has 2 unspecified atom stereocenters. The van der Waals surface area contributed by atoms with Gasteiger partial charge in [-0.05, 0) is 13.8 Å². The third-order valence-corrected chi connectivity index (χ3v) is 3.09. The maximum absolute atomic E-state index is 11.4. The van der Waals surface area contributed by atoms with Crippen LogP contribution in [0.5, 0.6) is 0 Å². The van der Waals surface area contributed by atoms with Crippen molar-refractivity contribution in [2.24, 2.45) is 0 Å². The Morgan fingerprint density at radius 2 is 1.25 bits per heavy atom. The van der Waals surface area contributed by atoms with Gasteiger partial charge in [-0.15, -0.1) is 9.05 Å². The lowest BCUT2D eigenvalue weighted by Gasteiger charge is -2.10. The van der Waals surface area contributed by atoms with Crippen LogP contribution in [-0.2, 0) is 32.7 Å². The number of hydrogen-bond donors (Lipinski definition) is 2. The first-order chi connectivity index (χ1) is 11.1. The molecular weight excluding hydrogens is 343 g/mol. The largest absolute Gasteiger partial charge is 0.697 e. The van der Waals surface area contributed by atoms with Crippen LogP contribution in [0.1, 0.15) is 26.7 Å². The molecule has 9 nitrogen and oxygen atoms in total. The quantitative estimate of drug-likeness (QED) is 0.228. The summed E-state index contributed by atoms with van der Waals surface area (Å²) < 4.78 is 30.0. The molecule has 10 heteroatoms. The summed E-state index contributed by atoms with van der Waals surface area (Å²) in [4.78, 5) is 22.2. The Hall–Kier alpha value is -1.64. The number of esters is 2. The number of aliphatic hydroxyl groups is 2. The summed E-state index contributed by atoms with van der Waals surface area (Å²) in [5, 5.41) is 18.7. The number of rotatable bonds is 12.